The van der Waals surface area contributed by atoms with Crippen LogP contribution in [0.3, 0.4) is 0 Å². The molecule has 3 nitrogen and oxygen atoms in total. The first-order valence-electron chi connectivity index (χ1n) is 5.98. The molecule has 1 aliphatic rings. The van der Waals surface area contributed by atoms with Crippen LogP contribution in [-0.4, -0.2) is 12.0 Å². The Hall–Kier alpha value is -1.77. The molecule has 90 valence electrons. The average molecular weight is 231 g/mol. The summed E-state index contributed by atoms with van der Waals surface area (Å²) >= 11 is 0. The summed E-state index contributed by atoms with van der Waals surface area (Å²) in [4.78, 5) is 11.1. The van der Waals surface area contributed by atoms with Gasteiger partial charge >= 0.3 is 0 Å². The Morgan fingerprint density at radius 2 is 1.94 bits per heavy atom. The molecule has 1 aromatic rings. The van der Waals surface area contributed by atoms with Gasteiger partial charge in [0, 0.05) is 5.69 Å². The maximum Gasteiger partial charge on any atom is 0.247 e. The SMILES string of the molecule is C=CC(=O)Nc1ccc(OC2CCCC2)cc1. The Bertz CT molecular complexity index is 391. The summed E-state index contributed by atoms with van der Waals surface area (Å²) in [5.74, 6) is 0.669. The Balaban J connectivity index is 1.92. The number of nitrogens with one attached hydrogen (secondary N) is 1. The first-order valence-corrected chi connectivity index (χ1v) is 5.98. The van der Waals surface area contributed by atoms with E-state index in [2.05, 4.69) is 11.9 Å². The van der Waals surface area contributed by atoms with E-state index in [9.17, 15) is 4.79 Å². The van der Waals surface area contributed by atoms with E-state index in [0.717, 1.165) is 24.3 Å². The van der Waals surface area contributed by atoms with Crippen molar-refractivity contribution in [1.82, 2.24) is 0 Å². The molecule has 0 unspecified atom stereocenters. The van der Waals surface area contributed by atoms with Crippen LogP contribution < -0.4 is 10.1 Å². The molecule has 1 aliphatic carbocycles. The van der Waals surface area contributed by atoms with Gasteiger partial charge in [0.2, 0.25) is 5.91 Å². The molecule has 0 aromatic heterocycles. The van der Waals surface area contributed by atoms with Crippen LogP contribution in [0.15, 0.2) is 36.9 Å². The van der Waals surface area contributed by atoms with Crippen molar-refractivity contribution in [3.05, 3.63) is 36.9 Å². The molecule has 2 rings (SSSR count). The van der Waals surface area contributed by atoms with Crippen LogP contribution in [0.25, 0.3) is 0 Å². The number of benzene rings is 1. The van der Waals surface area contributed by atoms with Crippen LogP contribution in [0.4, 0.5) is 5.69 Å². The van der Waals surface area contributed by atoms with E-state index in [1.165, 1.54) is 18.9 Å². The van der Waals surface area contributed by atoms with Crippen molar-refractivity contribution in [3.8, 4) is 5.75 Å². The van der Waals surface area contributed by atoms with Gasteiger partial charge in [-0.1, -0.05) is 6.58 Å². The number of hydrogen-bond donors (Lipinski definition) is 1. The third kappa shape index (κ3) is 3.34. The van der Waals surface area contributed by atoms with Gasteiger partial charge in [-0.15, -0.1) is 0 Å². The van der Waals surface area contributed by atoms with Crippen molar-refractivity contribution < 1.29 is 9.53 Å². The topological polar surface area (TPSA) is 38.3 Å². The normalized spacial score (nSPS) is 15.5. The molecule has 1 aromatic carbocycles. The van der Waals surface area contributed by atoms with Crippen LogP contribution in [0.1, 0.15) is 25.7 Å². The van der Waals surface area contributed by atoms with Crippen molar-refractivity contribution in [3.63, 3.8) is 0 Å². The van der Waals surface area contributed by atoms with Crippen molar-refractivity contribution >= 4 is 11.6 Å². The molecule has 0 atom stereocenters. The molecular weight excluding hydrogens is 214 g/mol. The Morgan fingerprint density at radius 3 is 2.53 bits per heavy atom. The largest absolute Gasteiger partial charge is 0.490 e. The second-order valence-electron chi connectivity index (χ2n) is 4.24. The third-order valence-corrected chi connectivity index (χ3v) is 2.91. The van der Waals surface area contributed by atoms with Crippen LogP contribution in [-0.2, 0) is 4.79 Å². The first kappa shape index (κ1) is 11.7. The Kier molecular flexibility index (Phi) is 3.81. The van der Waals surface area contributed by atoms with Gasteiger partial charge < -0.3 is 10.1 Å². The molecule has 0 radical (unpaired) electrons. The molecule has 1 saturated carbocycles. The summed E-state index contributed by atoms with van der Waals surface area (Å²) < 4.78 is 5.83. The maximum absolute atomic E-state index is 11.1. The van der Waals surface area contributed by atoms with E-state index < -0.39 is 0 Å². The van der Waals surface area contributed by atoms with E-state index >= 15 is 0 Å². The highest BCUT2D eigenvalue weighted by molar-refractivity contribution is 5.98. The summed E-state index contributed by atoms with van der Waals surface area (Å²) in [6.07, 6.45) is 6.44. The monoisotopic (exact) mass is 231 g/mol. The molecule has 1 fully saturated rings. The van der Waals surface area contributed by atoms with Gasteiger partial charge in [0.1, 0.15) is 5.75 Å². The van der Waals surface area contributed by atoms with Crippen LogP contribution in [0.5, 0.6) is 5.75 Å². The second-order valence-corrected chi connectivity index (χ2v) is 4.24. The number of ether oxygens (including phenoxy) is 1. The zero-order valence-corrected chi connectivity index (χ0v) is 9.82. The molecule has 17 heavy (non-hydrogen) atoms. The summed E-state index contributed by atoms with van der Waals surface area (Å²) in [6, 6.07) is 7.45. The fourth-order valence-electron chi connectivity index (χ4n) is 2.01. The van der Waals surface area contributed by atoms with Crippen LogP contribution >= 0.6 is 0 Å². The van der Waals surface area contributed by atoms with Crippen LogP contribution in [0, 0.1) is 0 Å². The average Bonchev–Trinajstić information content (AvgIpc) is 2.84. The summed E-state index contributed by atoms with van der Waals surface area (Å²) in [6.45, 7) is 3.41. The van der Waals surface area contributed by atoms with Gasteiger partial charge in [0.15, 0.2) is 0 Å². The van der Waals surface area contributed by atoms with Gasteiger partial charge in [-0.25, -0.2) is 0 Å². The lowest BCUT2D eigenvalue weighted by atomic mass is 10.2. The number of amides is 1. The molecule has 0 aliphatic heterocycles. The number of carbonyl (C=O) groups excluding carboxylic acids is 1. The lowest BCUT2D eigenvalue weighted by Gasteiger charge is -2.13. The number of carbonyl (C=O) groups is 1. The van der Waals surface area contributed by atoms with E-state index in [1.807, 2.05) is 24.3 Å². The quantitative estimate of drug-likeness (QED) is 0.808. The third-order valence-electron chi connectivity index (χ3n) is 2.91. The lowest BCUT2D eigenvalue weighted by molar-refractivity contribution is -0.111. The highest BCUT2D eigenvalue weighted by Gasteiger charge is 2.16. The molecule has 0 spiro atoms. The van der Waals surface area contributed by atoms with Gasteiger partial charge in [-0.3, -0.25) is 4.79 Å². The van der Waals surface area contributed by atoms with E-state index in [4.69, 9.17) is 4.74 Å². The van der Waals surface area contributed by atoms with Crippen molar-refractivity contribution in [1.29, 1.82) is 0 Å². The standard InChI is InChI=1S/C14H17NO2/c1-2-14(16)15-11-7-9-13(10-8-11)17-12-5-3-4-6-12/h2,7-10,12H,1,3-6H2,(H,15,16). The van der Waals surface area contributed by atoms with Crippen LogP contribution in [0.2, 0.25) is 0 Å². The summed E-state index contributed by atoms with van der Waals surface area (Å²) in [5.41, 5.74) is 0.758. The predicted molar refractivity (Wildman–Crippen MR) is 68.2 cm³/mol. The van der Waals surface area contributed by atoms with E-state index in [0.29, 0.717) is 6.10 Å². The molecule has 0 bridgehead atoms. The fraction of sp³-hybridized carbons (Fsp3) is 0.357. The van der Waals surface area contributed by atoms with E-state index in [-0.39, 0.29) is 5.91 Å². The predicted octanol–water partition coefficient (Wildman–Crippen LogP) is 3.13. The number of hydrogen-bond acceptors (Lipinski definition) is 2. The summed E-state index contributed by atoms with van der Waals surface area (Å²) in [7, 11) is 0. The van der Waals surface area contributed by atoms with Crippen molar-refractivity contribution in [2.45, 2.75) is 31.8 Å². The highest BCUT2D eigenvalue weighted by Crippen LogP contribution is 2.24. The molecule has 3 heteroatoms. The fourth-order valence-corrected chi connectivity index (χ4v) is 2.01. The summed E-state index contributed by atoms with van der Waals surface area (Å²) in [5, 5.41) is 2.70. The Morgan fingerprint density at radius 1 is 1.29 bits per heavy atom. The maximum atomic E-state index is 11.1. The second kappa shape index (κ2) is 5.53. The minimum absolute atomic E-state index is 0.200. The van der Waals surface area contributed by atoms with E-state index in [1.54, 1.807) is 0 Å². The minimum atomic E-state index is -0.200. The van der Waals surface area contributed by atoms with Gasteiger partial charge in [-0.2, -0.15) is 0 Å². The number of rotatable bonds is 4. The van der Waals surface area contributed by atoms with Gasteiger partial charge in [0.25, 0.3) is 0 Å². The van der Waals surface area contributed by atoms with Gasteiger partial charge in [-0.05, 0) is 56.0 Å². The van der Waals surface area contributed by atoms with Gasteiger partial charge in [0.05, 0.1) is 6.10 Å². The molecular formula is C14H17NO2. The lowest BCUT2D eigenvalue weighted by Crippen LogP contribution is -2.11. The molecule has 0 heterocycles. The smallest absolute Gasteiger partial charge is 0.247 e. The molecule has 0 saturated heterocycles. The number of anilines is 1. The zero-order valence-electron chi connectivity index (χ0n) is 9.82. The van der Waals surface area contributed by atoms with Crippen molar-refractivity contribution in [2.24, 2.45) is 0 Å². The van der Waals surface area contributed by atoms with Crippen molar-refractivity contribution in [2.75, 3.05) is 5.32 Å². The first-order chi connectivity index (χ1) is 8.28. The zero-order chi connectivity index (χ0) is 12.1. The molecule has 1 N–H and O–H groups in total. The highest BCUT2D eigenvalue weighted by atomic mass is 16.5. The Labute approximate surface area is 101 Å². The molecule has 1 amide bonds. The minimum Gasteiger partial charge on any atom is -0.490 e.